The Morgan fingerprint density at radius 3 is 2.71 bits per heavy atom. The molecule has 1 amide bonds. The van der Waals surface area contributed by atoms with Crippen molar-refractivity contribution in [2.45, 2.75) is 31.7 Å². The lowest BCUT2D eigenvalue weighted by molar-refractivity contribution is -0.125. The van der Waals surface area contributed by atoms with Crippen LogP contribution in [-0.4, -0.2) is 38.6 Å². The summed E-state index contributed by atoms with van der Waals surface area (Å²) in [5, 5.41) is 3.12. The number of benzene rings is 1. The van der Waals surface area contributed by atoms with Crippen molar-refractivity contribution in [2.24, 2.45) is 5.92 Å². The molecule has 1 aliphatic carbocycles. The molecule has 1 saturated carbocycles. The number of nitrogens with zero attached hydrogens (tertiary/aromatic N) is 1. The van der Waals surface area contributed by atoms with Crippen molar-refractivity contribution in [1.82, 2.24) is 10.2 Å². The number of rotatable bonds is 6. The molecule has 0 bridgehead atoms. The first kappa shape index (κ1) is 15.8. The van der Waals surface area contributed by atoms with Gasteiger partial charge in [0.25, 0.3) is 0 Å². The highest BCUT2D eigenvalue weighted by Gasteiger charge is 2.24. The zero-order valence-electron chi connectivity index (χ0n) is 13.3. The van der Waals surface area contributed by atoms with E-state index < -0.39 is 0 Å². The zero-order chi connectivity index (χ0) is 15.2. The number of carbonyl (C=O) groups is 1. The second-order valence-electron chi connectivity index (χ2n) is 5.98. The molecule has 0 saturated heterocycles. The monoisotopic (exact) mass is 290 g/mol. The predicted molar refractivity (Wildman–Crippen MR) is 84.4 cm³/mol. The van der Waals surface area contributed by atoms with Crippen LogP contribution in [-0.2, 0) is 4.79 Å². The molecule has 21 heavy (non-hydrogen) atoms. The van der Waals surface area contributed by atoms with E-state index >= 15 is 0 Å². The summed E-state index contributed by atoms with van der Waals surface area (Å²) >= 11 is 0. The van der Waals surface area contributed by atoms with Gasteiger partial charge in [-0.15, -0.1) is 0 Å². The van der Waals surface area contributed by atoms with Crippen LogP contribution in [0.2, 0.25) is 0 Å². The number of likely N-dealkylation sites (N-methyl/N-ethyl adjacent to an activating group) is 1. The SMILES string of the molecule is COc1cccc(C(CNC(=O)C2CCCC2)N(C)C)c1. The molecule has 0 radical (unpaired) electrons. The van der Waals surface area contributed by atoms with Crippen molar-refractivity contribution < 1.29 is 9.53 Å². The fourth-order valence-corrected chi connectivity index (χ4v) is 2.98. The van der Waals surface area contributed by atoms with Crippen molar-refractivity contribution in [3.8, 4) is 5.75 Å². The summed E-state index contributed by atoms with van der Waals surface area (Å²) < 4.78 is 5.29. The second kappa shape index (κ2) is 7.46. The summed E-state index contributed by atoms with van der Waals surface area (Å²) in [7, 11) is 5.74. The number of ether oxygens (including phenoxy) is 1. The number of hydrogen-bond acceptors (Lipinski definition) is 3. The van der Waals surface area contributed by atoms with E-state index in [1.54, 1.807) is 7.11 Å². The first-order chi connectivity index (χ1) is 10.1. The van der Waals surface area contributed by atoms with Crippen molar-refractivity contribution in [1.29, 1.82) is 0 Å². The summed E-state index contributed by atoms with van der Waals surface area (Å²) in [5.41, 5.74) is 1.16. The average molecular weight is 290 g/mol. The maximum atomic E-state index is 12.2. The smallest absolute Gasteiger partial charge is 0.223 e. The van der Waals surface area contributed by atoms with Gasteiger partial charge in [0.15, 0.2) is 0 Å². The van der Waals surface area contributed by atoms with Crippen LogP contribution in [0.1, 0.15) is 37.3 Å². The summed E-state index contributed by atoms with van der Waals surface area (Å²) in [5.74, 6) is 1.28. The molecule has 116 valence electrons. The van der Waals surface area contributed by atoms with E-state index in [9.17, 15) is 4.79 Å². The highest BCUT2D eigenvalue weighted by molar-refractivity contribution is 5.78. The summed E-state index contributed by atoms with van der Waals surface area (Å²) in [6, 6.07) is 8.20. The molecule has 4 nitrogen and oxygen atoms in total. The van der Waals surface area contributed by atoms with E-state index in [-0.39, 0.29) is 17.9 Å². The molecule has 1 unspecified atom stereocenters. The second-order valence-corrected chi connectivity index (χ2v) is 5.98. The lowest BCUT2D eigenvalue weighted by atomic mass is 10.0. The molecule has 1 aromatic carbocycles. The van der Waals surface area contributed by atoms with Gasteiger partial charge in [-0.3, -0.25) is 4.79 Å². The Bertz CT molecular complexity index is 468. The molecule has 0 heterocycles. The molecule has 1 aromatic rings. The van der Waals surface area contributed by atoms with Crippen LogP contribution in [0.5, 0.6) is 5.75 Å². The number of methoxy groups -OCH3 is 1. The van der Waals surface area contributed by atoms with Crippen LogP contribution in [0.3, 0.4) is 0 Å². The Balaban J connectivity index is 1.99. The van der Waals surface area contributed by atoms with Crippen molar-refractivity contribution >= 4 is 5.91 Å². The quantitative estimate of drug-likeness (QED) is 0.875. The Kier molecular flexibility index (Phi) is 5.62. The van der Waals surface area contributed by atoms with Crippen LogP contribution < -0.4 is 10.1 Å². The van der Waals surface area contributed by atoms with E-state index in [4.69, 9.17) is 4.74 Å². The summed E-state index contributed by atoms with van der Waals surface area (Å²) in [6.45, 7) is 0.634. The largest absolute Gasteiger partial charge is 0.497 e. The molecule has 1 atom stereocenters. The van der Waals surface area contributed by atoms with Crippen molar-refractivity contribution in [3.05, 3.63) is 29.8 Å². The van der Waals surface area contributed by atoms with Gasteiger partial charge in [-0.05, 0) is 44.6 Å². The van der Waals surface area contributed by atoms with Crippen molar-refractivity contribution in [3.63, 3.8) is 0 Å². The molecule has 1 N–H and O–H groups in total. The standard InChI is InChI=1S/C17H26N2O2/c1-19(2)16(14-9-6-10-15(11-14)21-3)12-18-17(20)13-7-4-5-8-13/h6,9-11,13,16H,4-5,7-8,12H2,1-3H3,(H,18,20). The van der Waals surface area contributed by atoms with Gasteiger partial charge in [0.1, 0.15) is 5.75 Å². The van der Waals surface area contributed by atoms with Gasteiger partial charge in [0, 0.05) is 12.5 Å². The molecule has 1 fully saturated rings. The van der Waals surface area contributed by atoms with Gasteiger partial charge in [0.05, 0.1) is 13.2 Å². The molecular formula is C17H26N2O2. The Morgan fingerprint density at radius 1 is 1.38 bits per heavy atom. The summed E-state index contributed by atoms with van der Waals surface area (Å²) in [6.07, 6.45) is 4.45. The molecule has 1 aliphatic rings. The van der Waals surface area contributed by atoms with Crippen LogP contribution in [0.4, 0.5) is 0 Å². The highest BCUT2D eigenvalue weighted by Crippen LogP contribution is 2.26. The Hall–Kier alpha value is -1.55. The van der Waals surface area contributed by atoms with E-state index in [0.29, 0.717) is 6.54 Å². The topological polar surface area (TPSA) is 41.6 Å². The van der Waals surface area contributed by atoms with Crippen LogP contribution in [0.25, 0.3) is 0 Å². The minimum Gasteiger partial charge on any atom is -0.497 e. The van der Waals surface area contributed by atoms with Crippen LogP contribution >= 0.6 is 0 Å². The normalized spacial score (nSPS) is 17.0. The van der Waals surface area contributed by atoms with E-state index in [1.165, 1.54) is 12.8 Å². The van der Waals surface area contributed by atoms with Gasteiger partial charge in [-0.25, -0.2) is 0 Å². The van der Waals surface area contributed by atoms with E-state index in [2.05, 4.69) is 16.3 Å². The number of amides is 1. The fourth-order valence-electron chi connectivity index (χ4n) is 2.98. The lowest BCUT2D eigenvalue weighted by Gasteiger charge is -2.26. The Morgan fingerprint density at radius 2 is 2.10 bits per heavy atom. The third-order valence-electron chi connectivity index (χ3n) is 4.30. The van der Waals surface area contributed by atoms with Gasteiger partial charge in [-0.1, -0.05) is 25.0 Å². The van der Waals surface area contributed by atoms with Gasteiger partial charge in [0.2, 0.25) is 5.91 Å². The molecule has 2 rings (SSSR count). The first-order valence-corrected chi connectivity index (χ1v) is 7.70. The number of nitrogens with one attached hydrogen (secondary N) is 1. The van der Waals surface area contributed by atoms with E-state index in [0.717, 1.165) is 24.2 Å². The van der Waals surface area contributed by atoms with Crippen molar-refractivity contribution in [2.75, 3.05) is 27.7 Å². The highest BCUT2D eigenvalue weighted by atomic mass is 16.5. The average Bonchev–Trinajstić information content (AvgIpc) is 3.01. The van der Waals surface area contributed by atoms with E-state index in [1.807, 2.05) is 32.3 Å². The van der Waals surface area contributed by atoms with Crippen LogP contribution in [0, 0.1) is 5.92 Å². The van der Waals surface area contributed by atoms with Gasteiger partial charge < -0.3 is 15.0 Å². The number of carbonyl (C=O) groups excluding carboxylic acids is 1. The fraction of sp³-hybridized carbons (Fsp3) is 0.588. The molecular weight excluding hydrogens is 264 g/mol. The Labute approximate surface area is 127 Å². The lowest BCUT2D eigenvalue weighted by Crippen LogP contribution is -2.37. The molecule has 0 aliphatic heterocycles. The van der Waals surface area contributed by atoms with Crippen LogP contribution in [0.15, 0.2) is 24.3 Å². The maximum Gasteiger partial charge on any atom is 0.223 e. The first-order valence-electron chi connectivity index (χ1n) is 7.70. The zero-order valence-corrected chi connectivity index (χ0v) is 13.3. The molecule has 0 spiro atoms. The van der Waals surface area contributed by atoms with Gasteiger partial charge >= 0.3 is 0 Å². The van der Waals surface area contributed by atoms with Gasteiger partial charge in [-0.2, -0.15) is 0 Å². The third kappa shape index (κ3) is 4.21. The number of hydrogen-bond donors (Lipinski definition) is 1. The summed E-state index contributed by atoms with van der Waals surface area (Å²) in [4.78, 5) is 14.3. The molecule has 4 heteroatoms. The maximum absolute atomic E-state index is 12.2. The minimum absolute atomic E-state index is 0.158. The molecule has 0 aromatic heterocycles. The predicted octanol–water partition coefficient (Wildman–Crippen LogP) is 2.60. The minimum atomic E-state index is 0.158. The third-order valence-corrected chi connectivity index (χ3v) is 4.30.